The van der Waals surface area contributed by atoms with Gasteiger partial charge in [-0.15, -0.1) is 0 Å². The molecule has 110 valence electrons. The Morgan fingerprint density at radius 1 is 1.38 bits per heavy atom. The maximum atomic E-state index is 12.7. The second-order valence-corrected chi connectivity index (χ2v) is 4.93. The summed E-state index contributed by atoms with van der Waals surface area (Å²) in [5, 5.41) is 0. The van der Waals surface area contributed by atoms with Crippen molar-refractivity contribution in [1.82, 2.24) is 14.3 Å². The van der Waals surface area contributed by atoms with E-state index in [0.29, 0.717) is 18.8 Å². The van der Waals surface area contributed by atoms with Gasteiger partial charge in [-0.25, -0.2) is 9.78 Å². The number of carbonyl (C=O) groups is 1. The standard InChI is InChI=1S/C15H17N3O3/c1-2-21-15(20)13-11-7-4-6-10-17(11)18(14(13)19)12-8-3-5-9-16-12/h3,5,8-9H,2,4,6-7,10H2,1H3. The van der Waals surface area contributed by atoms with Crippen LogP contribution in [0.2, 0.25) is 0 Å². The van der Waals surface area contributed by atoms with Crippen LogP contribution >= 0.6 is 0 Å². The molecule has 3 rings (SSSR count). The van der Waals surface area contributed by atoms with Crippen molar-refractivity contribution in [2.24, 2.45) is 0 Å². The summed E-state index contributed by atoms with van der Waals surface area (Å²) in [5.74, 6) is -0.0102. The van der Waals surface area contributed by atoms with Crippen LogP contribution in [-0.2, 0) is 17.7 Å². The van der Waals surface area contributed by atoms with Crippen molar-refractivity contribution in [2.75, 3.05) is 6.61 Å². The Morgan fingerprint density at radius 3 is 2.95 bits per heavy atom. The van der Waals surface area contributed by atoms with Crippen molar-refractivity contribution < 1.29 is 9.53 Å². The Kier molecular flexibility index (Phi) is 3.60. The molecule has 0 fully saturated rings. The second-order valence-electron chi connectivity index (χ2n) is 4.93. The van der Waals surface area contributed by atoms with Crippen molar-refractivity contribution >= 4 is 5.97 Å². The summed E-state index contributed by atoms with van der Waals surface area (Å²) >= 11 is 0. The van der Waals surface area contributed by atoms with Crippen LogP contribution in [0.25, 0.3) is 5.82 Å². The minimum Gasteiger partial charge on any atom is -0.462 e. The smallest absolute Gasteiger partial charge is 0.345 e. The fourth-order valence-corrected chi connectivity index (χ4v) is 2.75. The molecule has 1 aliphatic rings. The highest BCUT2D eigenvalue weighted by Gasteiger charge is 2.28. The molecule has 0 N–H and O–H groups in total. The molecule has 3 heterocycles. The van der Waals surface area contributed by atoms with Crippen LogP contribution in [-0.4, -0.2) is 26.9 Å². The zero-order valence-electron chi connectivity index (χ0n) is 11.9. The number of carbonyl (C=O) groups excluding carboxylic acids is 1. The summed E-state index contributed by atoms with van der Waals surface area (Å²) in [6.07, 6.45) is 4.30. The zero-order chi connectivity index (χ0) is 14.8. The molecule has 0 bridgehead atoms. The molecule has 0 radical (unpaired) electrons. The first-order chi connectivity index (χ1) is 10.2. The van der Waals surface area contributed by atoms with Gasteiger partial charge in [0, 0.05) is 12.7 Å². The number of fused-ring (bicyclic) bond motifs is 1. The molecule has 0 spiro atoms. The van der Waals surface area contributed by atoms with E-state index in [9.17, 15) is 9.59 Å². The van der Waals surface area contributed by atoms with Crippen LogP contribution in [0, 0.1) is 0 Å². The van der Waals surface area contributed by atoms with Crippen LogP contribution in [0.1, 0.15) is 35.8 Å². The molecule has 1 aliphatic heterocycles. The van der Waals surface area contributed by atoms with E-state index in [1.807, 2.05) is 10.7 Å². The molecule has 0 atom stereocenters. The third-order valence-corrected chi connectivity index (χ3v) is 3.63. The van der Waals surface area contributed by atoms with Crippen molar-refractivity contribution in [3.63, 3.8) is 0 Å². The molecule has 21 heavy (non-hydrogen) atoms. The number of hydrogen-bond donors (Lipinski definition) is 0. The van der Waals surface area contributed by atoms with Gasteiger partial charge in [0.15, 0.2) is 5.82 Å². The first-order valence-corrected chi connectivity index (χ1v) is 7.17. The number of ether oxygens (including phenoxy) is 1. The summed E-state index contributed by atoms with van der Waals surface area (Å²) in [6, 6.07) is 5.38. The summed E-state index contributed by atoms with van der Waals surface area (Å²) in [5.41, 5.74) is 0.571. The molecule has 6 nitrogen and oxygen atoms in total. The van der Waals surface area contributed by atoms with Crippen LogP contribution in [0.5, 0.6) is 0 Å². The summed E-state index contributed by atoms with van der Waals surface area (Å²) in [4.78, 5) is 29.0. The third kappa shape index (κ3) is 2.26. The molecule has 2 aromatic heterocycles. The molecular weight excluding hydrogens is 270 g/mol. The van der Waals surface area contributed by atoms with E-state index in [4.69, 9.17) is 4.74 Å². The molecule has 6 heteroatoms. The maximum Gasteiger partial charge on any atom is 0.345 e. The molecular formula is C15H17N3O3. The Hall–Kier alpha value is -2.37. The third-order valence-electron chi connectivity index (χ3n) is 3.63. The van der Waals surface area contributed by atoms with Crippen molar-refractivity contribution in [2.45, 2.75) is 32.7 Å². The van der Waals surface area contributed by atoms with E-state index in [1.165, 1.54) is 4.68 Å². The van der Waals surface area contributed by atoms with E-state index in [0.717, 1.165) is 18.5 Å². The predicted molar refractivity (Wildman–Crippen MR) is 76.7 cm³/mol. The number of hydrogen-bond acceptors (Lipinski definition) is 4. The Bertz CT molecular complexity index is 716. The van der Waals surface area contributed by atoms with Gasteiger partial charge in [-0.05, 0) is 38.3 Å². The van der Waals surface area contributed by atoms with E-state index in [-0.39, 0.29) is 17.7 Å². The van der Waals surface area contributed by atoms with E-state index < -0.39 is 5.97 Å². The fraction of sp³-hybridized carbons (Fsp3) is 0.400. The lowest BCUT2D eigenvalue weighted by Crippen LogP contribution is -2.25. The molecule has 0 aromatic carbocycles. The van der Waals surface area contributed by atoms with E-state index >= 15 is 0 Å². The minimum absolute atomic E-state index is 0.155. The average Bonchev–Trinajstić information content (AvgIpc) is 2.80. The quantitative estimate of drug-likeness (QED) is 0.803. The molecule has 0 aliphatic carbocycles. The number of rotatable bonds is 3. The van der Waals surface area contributed by atoms with Gasteiger partial charge >= 0.3 is 5.97 Å². The van der Waals surface area contributed by atoms with Crippen molar-refractivity contribution in [1.29, 1.82) is 0 Å². The van der Waals surface area contributed by atoms with Gasteiger partial charge in [-0.2, -0.15) is 4.68 Å². The molecule has 0 saturated heterocycles. The van der Waals surface area contributed by atoms with E-state index in [1.54, 1.807) is 25.3 Å². The highest BCUT2D eigenvalue weighted by Crippen LogP contribution is 2.19. The highest BCUT2D eigenvalue weighted by molar-refractivity contribution is 5.90. The van der Waals surface area contributed by atoms with Crippen LogP contribution in [0.3, 0.4) is 0 Å². The second kappa shape index (κ2) is 5.55. The van der Waals surface area contributed by atoms with E-state index in [2.05, 4.69) is 4.98 Å². The number of aromatic nitrogens is 3. The van der Waals surface area contributed by atoms with Gasteiger partial charge in [0.25, 0.3) is 5.56 Å². The average molecular weight is 287 g/mol. The van der Waals surface area contributed by atoms with Gasteiger partial charge in [0.2, 0.25) is 0 Å². The minimum atomic E-state index is -0.539. The van der Waals surface area contributed by atoms with Gasteiger partial charge in [-0.3, -0.25) is 9.48 Å². The highest BCUT2D eigenvalue weighted by atomic mass is 16.5. The lowest BCUT2D eigenvalue weighted by molar-refractivity contribution is 0.0523. The monoisotopic (exact) mass is 287 g/mol. The topological polar surface area (TPSA) is 66.1 Å². The SMILES string of the molecule is CCOC(=O)c1c2n(n(-c3ccccn3)c1=O)CCCC2. The van der Waals surface area contributed by atoms with Crippen LogP contribution < -0.4 is 5.56 Å². The summed E-state index contributed by atoms with van der Waals surface area (Å²) in [6.45, 7) is 2.70. The lowest BCUT2D eigenvalue weighted by Gasteiger charge is -2.18. The lowest BCUT2D eigenvalue weighted by atomic mass is 10.1. The largest absolute Gasteiger partial charge is 0.462 e. The molecule has 0 amide bonds. The molecule has 0 unspecified atom stereocenters. The first kappa shape index (κ1) is 13.6. The maximum absolute atomic E-state index is 12.7. The van der Waals surface area contributed by atoms with Crippen molar-refractivity contribution in [3.8, 4) is 5.82 Å². The summed E-state index contributed by atoms with van der Waals surface area (Å²) in [7, 11) is 0. The van der Waals surface area contributed by atoms with Gasteiger partial charge in [0.05, 0.1) is 12.3 Å². The Morgan fingerprint density at radius 2 is 2.24 bits per heavy atom. The van der Waals surface area contributed by atoms with Gasteiger partial charge in [-0.1, -0.05) is 6.07 Å². The summed E-state index contributed by atoms with van der Waals surface area (Å²) < 4.78 is 8.39. The Labute approximate surface area is 122 Å². The van der Waals surface area contributed by atoms with Gasteiger partial charge < -0.3 is 4.74 Å². The zero-order valence-corrected chi connectivity index (χ0v) is 11.9. The molecule has 2 aromatic rings. The number of esters is 1. The Balaban J connectivity index is 2.22. The van der Waals surface area contributed by atoms with Crippen molar-refractivity contribution in [3.05, 3.63) is 46.0 Å². The number of nitrogens with zero attached hydrogens (tertiary/aromatic N) is 3. The predicted octanol–water partition coefficient (Wildman–Crippen LogP) is 1.55. The molecule has 0 saturated carbocycles. The fourth-order valence-electron chi connectivity index (χ4n) is 2.75. The normalized spacial score (nSPS) is 13.8. The van der Waals surface area contributed by atoms with Gasteiger partial charge in [0.1, 0.15) is 5.56 Å². The number of pyridine rings is 1. The first-order valence-electron chi connectivity index (χ1n) is 7.17. The van der Waals surface area contributed by atoms with Crippen LogP contribution in [0.4, 0.5) is 0 Å². The van der Waals surface area contributed by atoms with Crippen LogP contribution in [0.15, 0.2) is 29.2 Å².